The molecule has 3 aromatic rings. The van der Waals surface area contributed by atoms with Gasteiger partial charge in [0.05, 0.1) is 10.6 Å². The van der Waals surface area contributed by atoms with Crippen molar-refractivity contribution < 1.29 is 13.2 Å². The van der Waals surface area contributed by atoms with Crippen LogP contribution in [-0.2, 0) is 14.8 Å². The maximum Gasteiger partial charge on any atom is 0.264 e. The van der Waals surface area contributed by atoms with Crippen LogP contribution in [0, 0.1) is 13.8 Å². The molecule has 3 rings (SSSR count). The molecule has 1 amide bonds. The topological polar surface area (TPSA) is 66.5 Å². The Morgan fingerprint density at radius 1 is 0.857 bits per heavy atom. The number of nitrogens with zero attached hydrogens (tertiary/aromatic N) is 1. The third-order valence-electron chi connectivity index (χ3n) is 4.54. The fourth-order valence-corrected chi connectivity index (χ4v) is 4.28. The number of rotatable bonds is 6. The molecule has 1 N–H and O–H groups in total. The van der Waals surface area contributed by atoms with Crippen LogP contribution in [-0.4, -0.2) is 20.9 Å². The highest BCUT2D eigenvalue weighted by Crippen LogP contribution is 2.24. The summed E-state index contributed by atoms with van der Waals surface area (Å²) in [6, 6.07) is 22.4. The standard InChI is InChI=1S/C22H22N2O3S/c1-17-10-9-15-21(18(17)2)23-22(25)16-24(19-11-5-3-6-12-19)28(26,27)20-13-7-4-8-14-20/h3-15H,16H2,1-2H3,(H,23,25). The van der Waals surface area contributed by atoms with Gasteiger partial charge in [-0.25, -0.2) is 8.42 Å². The number of hydrogen-bond acceptors (Lipinski definition) is 3. The van der Waals surface area contributed by atoms with Crippen molar-refractivity contribution in [1.82, 2.24) is 0 Å². The lowest BCUT2D eigenvalue weighted by Crippen LogP contribution is -2.38. The minimum absolute atomic E-state index is 0.137. The molecule has 0 aromatic heterocycles. The summed E-state index contributed by atoms with van der Waals surface area (Å²) in [6.07, 6.45) is 0. The SMILES string of the molecule is Cc1cccc(NC(=O)CN(c2ccccc2)S(=O)(=O)c2ccccc2)c1C. The smallest absolute Gasteiger partial charge is 0.264 e. The monoisotopic (exact) mass is 394 g/mol. The van der Waals surface area contributed by atoms with Crippen molar-refractivity contribution >= 4 is 27.3 Å². The molecule has 0 fully saturated rings. The first kappa shape index (κ1) is 19.6. The Balaban J connectivity index is 1.92. The summed E-state index contributed by atoms with van der Waals surface area (Å²) in [5, 5.41) is 2.83. The maximum atomic E-state index is 13.2. The molecule has 6 heteroatoms. The first-order valence-electron chi connectivity index (χ1n) is 8.88. The molecule has 0 aliphatic rings. The third-order valence-corrected chi connectivity index (χ3v) is 6.33. The zero-order valence-corrected chi connectivity index (χ0v) is 16.6. The molecule has 0 aliphatic carbocycles. The Morgan fingerprint density at radius 2 is 1.46 bits per heavy atom. The second-order valence-corrected chi connectivity index (χ2v) is 8.32. The van der Waals surface area contributed by atoms with E-state index in [1.165, 1.54) is 12.1 Å². The van der Waals surface area contributed by atoms with Gasteiger partial charge in [0, 0.05) is 5.69 Å². The molecule has 5 nitrogen and oxygen atoms in total. The second kappa shape index (κ2) is 8.27. The van der Waals surface area contributed by atoms with Gasteiger partial charge < -0.3 is 5.32 Å². The van der Waals surface area contributed by atoms with Crippen LogP contribution in [0.2, 0.25) is 0 Å². The number of amides is 1. The van der Waals surface area contributed by atoms with Crippen molar-refractivity contribution in [2.75, 3.05) is 16.2 Å². The normalized spacial score (nSPS) is 11.1. The molecule has 0 bridgehead atoms. The van der Waals surface area contributed by atoms with E-state index in [1.54, 1.807) is 54.6 Å². The molecule has 0 atom stereocenters. The van der Waals surface area contributed by atoms with Crippen LogP contribution in [0.1, 0.15) is 11.1 Å². The third kappa shape index (κ3) is 4.23. The predicted octanol–water partition coefficient (Wildman–Crippen LogP) is 4.14. The van der Waals surface area contributed by atoms with Crippen molar-refractivity contribution in [2.45, 2.75) is 18.7 Å². The van der Waals surface area contributed by atoms with E-state index in [1.807, 2.05) is 26.0 Å². The Hall–Kier alpha value is -3.12. The summed E-state index contributed by atoms with van der Waals surface area (Å²) in [7, 11) is -3.89. The minimum atomic E-state index is -3.89. The van der Waals surface area contributed by atoms with Crippen molar-refractivity contribution in [3.05, 3.63) is 90.0 Å². The summed E-state index contributed by atoms with van der Waals surface area (Å²) in [6.45, 7) is 3.55. The Labute approximate surface area is 165 Å². The van der Waals surface area contributed by atoms with Gasteiger partial charge in [-0.1, -0.05) is 48.5 Å². The number of hydrogen-bond donors (Lipinski definition) is 1. The van der Waals surface area contributed by atoms with Crippen LogP contribution in [0.15, 0.2) is 83.8 Å². The van der Waals surface area contributed by atoms with E-state index in [2.05, 4.69) is 5.32 Å². The lowest BCUT2D eigenvalue weighted by molar-refractivity contribution is -0.114. The highest BCUT2D eigenvalue weighted by molar-refractivity contribution is 7.92. The summed E-state index contributed by atoms with van der Waals surface area (Å²) in [4.78, 5) is 12.9. The van der Waals surface area contributed by atoms with Crippen LogP contribution in [0.4, 0.5) is 11.4 Å². The van der Waals surface area contributed by atoms with Crippen LogP contribution >= 0.6 is 0 Å². The van der Waals surface area contributed by atoms with E-state index < -0.39 is 15.9 Å². The summed E-state index contributed by atoms with van der Waals surface area (Å²) in [5.41, 5.74) is 3.11. The number of para-hydroxylation sites is 1. The molecule has 3 aromatic carbocycles. The van der Waals surface area contributed by atoms with Crippen molar-refractivity contribution in [3.8, 4) is 0 Å². The molecule has 0 radical (unpaired) electrons. The zero-order chi connectivity index (χ0) is 20.1. The fourth-order valence-electron chi connectivity index (χ4n) is 2.84. The Morgan fingerprint density at radius 3 is 2.11 bits per heavy atom. The molecule has 144 valence electrons. The van der Waals surface area contributed by atoms with Crippen LogP contribution < -0.4 is 9.62 Å². The first-order valence-corrected chi connectivity index (χ1v) is 10.3. The van der Waals surface area contributed by atoms with Crippen LogP contribution in [0.25, 0.3) is 0 Å². The van der Waals surface area contributed by atoms with Crippen molar-refractivity contribution in [3.63, 3.8) is 0 Å². The number of anilines is 2. The Bertz CT molecular complexity index is 1070. The molecule has 0 saturated heterocycles. The van der Waals surface area contributed by atoms with E-state index in [9.17, 15) is 13.2 Å². The lowest BCUT2D eigenvalue weighted by atomic mass is 10.1. The second-order valence-electron chi connectivity index (χ2n) is 6.46. The van der Waals surface area contributed by atoms with Gasteiger partial charge in [-0.2, -0.15) is 0 Å². The van der Waals surface area contributed by atoms with Gasteiger partial charge in [0.25, 0.3) is 10.0 Å². The average Bonchev–Trinajstić information content (AvgIpc) is 2.71. The molecular weight excluding hydrogens is 372 g/mol. The number of benzene rings is 3. The fraction of sp³-hybridized carbons (Fsp3) is 0.136. The quantitative estimate of drug-likeness (QED) is 0.683. The Kier molecular flexibility index (Phi) is 5.80. The van der Waals surface area contributed by atoms with E-state index in [0.717, 1.165) is 15.4 Å². The maximum absolute atomic E-state index is 13.2. The molecule has 0 heterocycles. The number of carbonyl (C=O) groups excluding carboxylic acids is 1. The highest BCUT2D eigenvalue weighted by Gasteiger charge is 2.27. The van der Waals surface area contributed by atoms with E-state index in [0.29, 0.717) is 11.4 Å². The average molecular weight is 394 g/mol. The van der Waals surface area contributed by atoms with E-state index >= 15 is 0 Å². The van der Waals surface area contributed by atoms with Gasteiger partial charge in [-0.3, -0.25) is 9.10 Å². The van der Waals surface area contributed by atoms with Crippen molar-refractivity contribution in [1.29, 1.82) is 0 Å². The van der Waals surface area contributed by atoms with Gasteiger partial charge in [-0.05, 0) is 55.3 Å². The largest absolute Gasteiger partial charge is 0.324 e. The minimum Gasteiger partial charge on any atom is -0.324 e. The number of carbonyl (C=O) groups is 1. The summed E-state index contributed by atoms with van der Waals surface area (Å²) >= 11 is 0. The molecule has 0 spiro atoms. The highest BCUT2D eigenvalue weighted by atomic mass is 32.2. The molecule has 0 unspecified atom stereocenters. The number of nitrogens with one attached hydrogen (secondary N) is 1. The van der Waals surface area contributed by atoms with Gasteiger partial charge >= 0.3 is 0 Å². The molecular formula is C22H22N2O3S. The number of aryl methyl sites for hydroxylation is 1. The van der Waals surface area contributed by atoms with E-state index in [4.69, 9.17) is 0 Å². The van der Waals surface area contributed by atoms with Gasteiger partial charge in [0.15, 0.2) is 0 Å². The van der Waals surface area contributed by atoms with Gasteiger partial charge in [0.1, 0.15) is 6.54 Å². The van der Waals surface area contributed by atoms with Crippen molar-refractivity contribution in [2.24, 2.45) is 0 Å². The number of sulfonamides is 1. The van der Waals surface area contributed by atoms with Crippen LogP contribution in [0.5, 0.6) is 0 Å². The summed E-state index contributed by atoms with van der Waals surface area (Å²) < 4.78 is 27.5. The van der Waals surface area contributed by atoms with Crippen LogP contribution in [0.3, 0.4) is 0 Å². The van der Waals surface area contributed by atoms with Gasteiger partial charge in [-0.15, -0.1) is 0 Å². The van der Waals surface area contributed by atoms with E-state index in [-0.39, 0.29) is 11.4 Å². The lowest BCUT2D eigenvalue weighted by Gasteiger charge is -2.24. The molecule has 0 aliphatic heterocycles. The first-order chi connectivity index (χ1) is 13.4. The molecule has 28 heavy (non-hydrogen) atoms. The summed E-state index contributed by atoms with van der Waals surface area (Å²) in [5.74, 6) is -0.406. The zero-order valence-electron chi connectivity index (χ0n) is 15.8. The predicted molar refractivity (Wildman–Crippen MR) is 112 cm³/mol. The van der Waals surface area contributed by atoms with Gasteiger partial charge in [0.2, 0.25) is 5.91 Å². The molecule has 0 saturated carbocycles.